The van der Waals surface area contributed by atoms with Gasteiger partial charge in [0.2, 0.25) is 11.8 Å². The van der Waals surface area contributed by atoms with Crippen molar-refractivity contribution in [3.05, 3.63) is 64.7 Å². The third-order valence-corrected chi connectivity index (χ3v) is 5.58. The lowest BCUT2D eigenvalue weighted by Gasteiger charge is -2.29. The van der Waals surface area contributed by atoms with E-state index in [-0.39, 0.29) is 30.3 Å². The maximum atomic E-state index is 14.1. The molecule has 0 radical (unpaired) electrons. The smallest absolute Gasteiger partial charge is 0.220 e. The van der Waals surface area contributed by atoms with Crippen LogP contribution in [0.1, 0.15) is 42.4 Å². The summed E-state index contributed by atoms with van der Waals surface area (Å²) in [6.45, 7) is 1.33. The molecule has 2 aromatic rings. The fourth-order valence-electron chi connectivity index (χ4n) is 3.86. The fraction of sp³-hybridized carbons (Fsp3) is 0.391. The molecule has 3 rings (SSSR count). The van der Waals surface area contributed by atoms with E-state index in [9.17, 15) is 18.4 Å². The Morgan fingerprint density at radius 1 is 1.27 bits per heavy atom. The van der Waals surface area contributed by atoms with Crippen LogP contribution in [0.25, 0.3) is 0 Å². The number of hydrogen-bond donors (Lipinski definition) is 2. The molecule has 160 valence electrons. The van der Waals surface area contributed by atoms with Crippen LogP contribution in [0, 0.1) is 18.6 Å². The highest BCUT2D eigenvalue weighted by Crippen LogP contribution is 2.30. The third kappa shape index (κ3) is 5.14. The molecule has 5 nitrogen and oxygen atoms in total. The Hall–Kier alpha value is -2.96. The van der Waals surface area contributed by atoms with Crippen LogP contribution in [-0.2, 0) is 22.6 Å². The molecule has 0 aromatic heterocycles. The predicted octanol–water partition coefficient (Wildman–Crippen LogP) is 3.57. The first-order valence-electron chi connectivity index (χ1n) is 9.96. The van der Waals surface area contributed by atoms with Gasteiger partial charge in [-0.3, -0.25) is 9.59 Å². The van der Waals surface area contributed by atoms with Gasteiger partial charge in [-0.1, -0.05) is 18.2 Å². The lowest BCUT2D eigenvalue weighted by Crippen LogP contribution is -2.44. The summed E-state index contributed by atoms with van der Waals surface area (Å²) in [6, 6.07) is 10.2. The normalized spacial score (nSPS) is 18.2. The lowest BCUT2D eigenvalue weighted by molar-refractivity contribution is -0.122. The SMILES string of the molecule is COc1cccc(CC2(CCC(=O)NCc3c(F)ccc(C)c3F)CCC(=O)N2)c1. The van der Waals surface area contributed by atoms with Crippen molar-refractivity contribution in [2.45, 2.75) is 51.1 Å². The third-order valence-electron chi connectivity index (χ3n) is 5.58. The van der Waals surface area contributed by atoms with Crippen LogP contribution in [-0.4, -0.2) is 24.5 Å². The number of carbonyl (C=O) groups is 2. The summed E-state index contributed by atoms with van der Waals surface area (Å²) in [5.74, 6) is -0.959. The molecule has 0 saturated carbocycles. The van der Waals surface area contributed by atoms with Crippen LogP contribution in [0.4, 0.5) is 8.78 Å². The lowest BCUT2D eigenvalue weighted by atomic mass is 9.85. The van der Waals surface area contributed by atoms with Gasteiger partial charge in [0.15, 0.2) is 0 Å². The van der Waals surface area contributed by atoms with Crippen LogP contribution in [0.3, 0.4) is 0 Å². The second-order valence-corrected chi connectivity index (χ2v) is 7.79. The molecule has 7 heteroatoms. The van der Waals surface area contributed by atoms with E-state index in [1.165, 1.54) is 12.1 Å². The van der Waals surface area contributed by atoms with Crippen LogP contribution >= 0.6 is 0 Å². The molecule has 1 fully saturated rings. The van der Waals surface area contributed by atoms with E-state index in [0.29, 0.717) is 31.2 Å². The van der Waals surface area contributed by atoms with E-state index in [1.807, 2.05) is 24.3 Å². The number of halogens is 2. The highest BCUT2D eigenvalue weighted by Gasteiger charge is 2.37. The summed E-state index contributed by atoms with van der Waals surface area (Å²) in [4.78, 5) is 24.3. The van der Waals surface area contributed by atoms with Gasteiger partial charge >= 0.3 is 0 Å². The Morgan fingerprint density at radius 3 is 2.77 bits per heavy atom. The molecule has 0 spiro atoms. The van der Waals surface area contributed by atoms with Gasteiger partial charge in [0.1, 0.15) is 17.4 Å². The van der Waals surface area contributed by atoms with Crippen molar-refractivity contribution in [1.82, 2.24) is 10.6 Å². The second kappa shape index (κ2) is 9.24. The van der Waals surface area contributed by atoms with Gasteiger partial charge < -0.3 is 15.4 Å². The standard InChI is InChI=1S/C23H26F2N2O3/c1-15-6-7-19(24)18(22(15)25)14-26-20(28)8-10-23(11-9-21(29)27-23)13-16-4-3-5-17(12-16)30-2/h3-7,12H,8-11,13-14H2,1-2H3,(H,26,28)(H,27,29). The predicted molar refractivity (Wildman–Crippen MR) is 109 cm³/mol. The van der Waals surface area contributed by atoms with E-state index in [0.717, 1.165) is 11.3 Å². The minimum absolute atomic E-state index is 0.0396. The quantitative estimate of drug-likeness (QED) is 0.691. The summed E-state index contributed by atoms with van der Waals surface area (Å²) >= 11 is 0. The minimum Gasteiger partial charge on any atom is -0.497 e. The van der Waals surface area contributed by atoms with Crippen molar-refractivity contribution < 1.29 is 23.1 Å². The topological polar surface area (TPSA) is 67.4 Å². The summed E-state index contributed by atoms with van der Waals surface area (Å²) in [7, 11) is 1.59. The Balaban J connectivity index is 1.63. The first kappa shape index (κ1) is 21.7. The van der Waals surface area contributed by atoms with Crippen molar-refractivity contribution >= 4 is 11.8 Å². The van der Waals surface area contributed by atoms with Crippen LogP contribution in [0.2, 0.25) is 0 Å². The van der Waals surface area contributed by atoms with Crippen LogP contribution in [0.5, 0.6) is 5.75 Å². The molecule has 1 aliphatic heterocycles. The zero-order valence-electron chi connectivity index (χ0n) is 17.2. The highest BCUT2D eigenvalue weighted by atomic mass is 19.1. The number of hydrogen-bond acceptors (Lipinski definition) is 3. The Labute approximate surface area is 174 Å². The molecule has 30 heavy (non-hydrogen) atoms. The van der Waals surface area contributed by atoms with Crippen LogP contribution in [0.15, 0.2) is 36.4 Å². The second-order valence-electron chi connectivity index (χ2n) is 7.79. The number of rotatable bonds is 8. The zero-order valence-corrected chi connectivity index (χ0v) is 17.2. The molecule has 1 heterocycles. The summed E-state index contributed by atoms with van der Waals surface area (Å²) in [5, 5.41) is 5.62. The maximum Gasteiger partial charge on any atom is 0.220 e. The molecule has 1 atom stereocenters. The van der Waals surface area contributed by atoms with Gasteiger partial charge in [-0.15, -0.1) is 0 Å². The van der Waals surface area contributed by atoms with E-state index < -0.39 is 17.2 Å². The maximum absolute atomic E-state index is 14.1. The van der Waals surface area contributed by atoms with Gasteiger partial charge in [-0.25, -0.2) is 8.78 Å². The van der Waals surface area contributed by atoms with Gasteiger partial charge in [0, 0.05) is 30.5 Å². The average Bonchev–Trinajstić information content (AvgIpc) is 3.10. The number of methoxy groups -OCH3 is 1. The number of ether oxygens (including phenoxy) is 1. The van der Waals surface area contributed by atoms with Crippen LogP contribution < -0.4 is 15.4 Å². The van der Waals surface area contributed by atoms with Gasteiger partial charge in [-0.05, 0) is 55.5 Å². The number of aryl methyl sites for hydroxylation is 1. The van der Waals surface area contributed by atoms with E-state index >= 15 is 0 Å². The molecule has 1 aliphatic rings. The van der Waals surface area contributed by atoms with E-state index in [2.05, 4.69) is 10.6 Å². The van der Waals surface area contributed by atoms with Gasteiger partial charge in [0.05, 0.1) is 7.11 Å². The molecule has 1 saturated heterocycles. The fourth-order valence-corrected chi connectivity index (χ4v) is 3.86. The van der Waals surface area contributed by atoms with Gasteiger partial charge in [0.25, 0.3) is 0 Å². The Bertz CT molecular complexity index is 948. The van der Waals surface area contributed by atoms with Crippen molar-refractivity contribution in [3.63, 3.8) is 0 Å². The summed E-state index contributed by atoms with van der Waals surface area (Å²) < 4.78 is 33.2. The first-order valence-corrected chi connectivity index (χ1v) is 9.96. The molecular formula is C23H26F2N2O3. The molecule has 1 unspecified atom stereocenters. The van der Waals surface area contributed by atoms with E-state index in [4.69, 9.17) is 4.74 Å². The largest absolute Gasteiger partial charge is 0.497 e. The molecule has 2 amide bonds. The number of carbonyl (C=O) groups excluding carboxylic acids is 2. The van der Waals surface area contributed by atoms with Crippen molar-refractivity contribution in [2.24, 2.45) is 0 Å². The van der Waals surface area contributed by atoms with E-state index in [1.54, 1.807) is 14.0 Å². The molecule has 2 aromatic carbocycles. The molecule has 0 aliphatic carbocycles. The first-order chi connectivity index (χ1) is 14.3. The summed E-state index contributed by atoms with van der Waals surface area (Å²) in [6.07, 6.45) is 2.17. The highest BCUT2D eigenvalue weighted by molar-refractivity contribution is 5.80. The number of amides is 2. The molecular weight excluding hydrogens is 390 g/mol. The Kier molecular flexibility index (Phi) is 6.70. The van der Waals surface area contributed by atoms with Crippen molar-refractivity contribution in [2.75, 3.05) is 7.11 Å². The Morgan fingerprint density at radius 2 is 2.07 bits per heavy atom. The van der Waals surface area contributed by atoms with Crippen molar-refractivity contribution in [3.8, 4) is 5.75 Å². The average molecular weight is 416 g/mol. The summed E-state index contributed by atoms with van der Waals surface area (Å²) in [5.41, 5.74) is 0.650. The molecule has 0 bridgehead atoms. The van der Waals surface area contributed by atoms with Gasteiger partial charge in [-0.2, -0.15) is 0 Å². The number of nitrogens with one attached hydrogen (secondary N) is 2. The molecule has 2 N–H and O–H groups in total. The minimum atomic E-state index is -0.684. The van der Waals surface area contributed by atoms with Crippen molar-refractivity contribution in [1.29, 1.82) is 0 Å². The monoisotopic (exact) mass is 416 g/mol. The zero-order chi connectivity index (χ0) is 21.7. The number of benzene rings is 2.